The van der Waals surface area contributed by atoms with Crippen molar-refractivity contribution in [3.63, 3.8) is 0 Å². The van der Waals surface area contributed by atoms with E-state index >= 15 is 0 Å². The van der Waals surface area contributed by atoms with Gasteiger partial charge in [0.15, 0.2) is 11.4 Å². The van der Waals surface area contributed by atoms with E-state index in [0.29, 0.717) is 41.9 Å². The zero-order valence-corrected chi connectivity index (χ0v) is 17.0. The minimum atomic E-state index is 0.00347. The SMILES string of the molecule is O=C(CC1CCCN(c2nc3ncccc3o2)C1)NCc1nc(-c2ccccc2)n[nH]1. The Labute approximate surface area is 178 Å². The van der Waals surface area contributed by atoms with E-state index < -0.39 is 0 Å². The summed E-state index contributed by atoms with van der Waals surface area (Å²) in [6.07, 6.45) is 4.15. The van der Waals surface area contributed by atoms with Crippen LogP contribution in [0.2, 0.25) is 0 Å². The number of nitrogens with zero attached hydrogens (tertiary/aromatic N) is 5. The Hall–Kier alpha value is -3.75. The van der Waals surface area contributed by atoms with Crippen molar-refractivity contribution in [3.8, 4) is 11.4 Å². The molecule has 0 saturated carbocycles. The van der Waals surface area contributed by atoms with Gasteiger partial charge in [0.1, 0.15) is 5.82 Å². The fourth-order valence-corrected chi connectivity index (χ4v) is 3.91. The number of carbonyl (C=O) groups is 1. The van der Waals surface area contributed by atoms with Crippen molar-refractivity contribution in [2.24, 2.45) is 5.92 Å². The number of anilines is 1. The first kappa shape index (κ1) is 19.2. The molecule has 158 valence electrons. The molecule has 1 fully saturated rings. The molecule has 1 atom stereocenters. The van der Waals surface area contributed by atoms with E-state index in [1.165, 1.54) is 0 Å². The number of nitrogens with one attached hydrogen (secondary N) is 2. The van der Waals surface area contributed by atoms with E-state index in [2.05, 4.69) is 35.4 Å². The number of fused-ring (bicyclic) bond motifs is 1. The van der Waals surface area contributed by atoms with Crippen LogP contribution in [0.15, 0.2) is 53.1 Å². The van der Waals surface area contributed by atoms with Crippen LogP contribution in [0, 0.1) is 5.92 Å². The van der Waals surface area contributed by atoms with Crippen LogP contribution in [0.3, 0.4) is 0 Å². The second kappa shape index (κ2) is 8.55. The van der Waals surface area contributed by atoms with Crippen molar-refractivity contribution in [1.29, 1.82) is 0 Å². The lowest BCUT2D eigenvalue weighted by Crippen LogP contribution is -2.38. The molecular formula is C22H23N7O2. The maximum Gasteiger partial charge on any atom is 0.299 e. The summed E-state index contributed by atoms with van der Waals surface area (Å²) >= 11 is 0. The third-order valence-corrected chi connectivity index (χ3v) is 5.43. The summed E-state index contributed by atoms with van der Waals surface area (Å²) in [7, 11) is 0. The van der Waals surface area contributed by atoms with Gasteiger partial charge in [-0.3, -0.25) is 9.89 Å². The Bertz CT molecular complexity index is 1140. The molecule has 1 amide bonds. The zero-order chi connectivity index (χ0) is 21.0. The second-order valence-corrected chi connectivity index (χ2v) is 7.73. The molecule has 4 aromatic rings. The second-order valence-electron chi connectivity index (χ2n) is 7.73. The van der Waals surface area contributed by atoms with E-state index in [1.54, 1.807) is 6.20 Å². The quantitative estimate of drug-likeness (QED) is 0.496. The molecule has 1 aliphatic rings. The number of H-pyrrole nitrogens is 1. The molecule has 0 bridgehead atoms. The van der Waals surface area contributed by atoms with Crippen LogP contribution in [0.1, 0.15) is 25.1 Å². The number of hydrogen-bond donors (Lipinski definition) is 2. The van der Waals surface area contributed by atoms with Crippen molar-refractivity contribution in [3.05, 3.63) is 54.5 Å². The number of pyridine rings is 1. The average molecular weight is 417 g/mol. The molecule has 1 aliphatic heterocycles. The highest BCUT2D eigenvalue weighted by Crippen LogP contribution is 2.26. The van der Waals surface area contributed by atoms with E-state index in [-0.39, 0.29) is 11.8 Å². The Morgan fingerprint density at radius 1 is 1.19 bits per heavy atom. The van der Waals surface area contributed by atoms with E-state index in [1.807, 2.05) is 42.5 Å². The highest BCUT2D eigenvalue weighted by atomic mass is 16.4. The van der Waals surface area contributed by atoms with Gasteiger partial charge in [-0.05, 0) is 30.9 Å². The van der Waals surface area contributed by atoms with Crippen LogP contribution in [-0.4, -0.2) is 44.1 Å². The maximum absolute atomic E-state index is 12.5. The standard InChI is InChI=1S/C22H23N7O2/c30-19(24-13-18-25-20(28-27-18)16-7-2-1-3-8-16)12-15-6-5-11-29(14-15)22-26-21-17(31-22)9-4-10-23-21/h1-4,7-10,15H,5-6,11-14H2,(H,24,30)(H,25,27,28). The lowest BCUT2D eigenvalue weighted by atomic mass is 9.94. The summed E-state index contributed by atoms with van der Waals surface area (Å²) in [6, 6.07) is 14.0. The highest BCUT2D eigenvalue weighted by molar-refractivity contribution is 5.76. The maximum atomic E-state index is 12.5. The number of aromatic nitrogens is 5. The molecule has 0 radical (unpaired) electrons. The summed E-state index contributed by atoms with van der Waals surface area (Å²) < 4.78 is 5.84. The lowest BCUT2D eigenvalue weighted by molar-refractivity contribution is -0.122. The number of oxazole rings is 1. The molecule has 0 spiro atoms. The molecule has 3 aromatic heterocycles. The van der Waals surface area contributed by atoms with Gasteiger partial charge in [0.25, 0.3) is 6.01 Å². The van der Waals surface area contributed by atoms with Gasteiger partial charge in [0, 0.05) is 31.3 Å². The molecule has 9 heteroatoms. The number of amides is 1. The molecule has 1 unspecified atom stereocenters. The van der Waals surface area contributed by atoms with Crippen molar-refractivity contribution in [2.75, 3.05) is 18.0 Å². The lowest BCUT2D eigenvalue weighted by Gasteiger charge is -2.31. The van der Waals surface area contributed by atoms with Crippen molar-refractivity contribution < 1.29 is 9.21 Å². The third kappa shape index (κ3) is 4.40. The Morgan fingerprint density at radius 3 is 2.97 bits per heavy atom. The van der Waals surface area contributed by atoms with Gasteiger partial charge in [-0.25, -0.2) is 9.97 Å². The molecule has 5 rings (SSSR count). The van der Waals surface area contributed by atoms with Gasteiger partial charge in [-0.1, -0.05) is 30.3 Å². The topological polar surface area (TPSA) is 113 Å². The number of carbonyl (C=O) groups excluding carboxylic acids is 1. The van der Waals surface area contributed by atoms with Crippen LogP contribution in [0.25, 0.3) is 22.6 Å². The summed E-state index contributed by atoms with van der Waals surface area (Å²) in [5.41, 5.74) is 2.23. The van der Waals surface area contributed by atoms with Gasteiger partial charge < -0.3 is 14.6 Å². The van der Waals surface area contributed by atoms with Crippen molar-refractivity contribution in [1.82, 2.24) is 30.5 Å². The zero-order valence-electron chi connectivity index (χ0n) is 17.0. The average Bonchev–Trinajstić information content (AvgIpc) is 3.46. The predicted octanol–water partition coefficient (Wildman–Crippen LogP) is 2.93. The summed E-state index contributed by atoms with van der Waals surface area (Å²) in [5.74, 6) is 1.51. The molecule has 2 N–H and O–H groups in total. The monoisotopic (exact) mass is 417 g/mol. The minimum Gasteiger partial charge on any atom is -0.422 e. The Morgan fingerprint density at radius 2 is 2.10 bits per heavy atom. The Kier molecular flexibility index (Phi) is 5.30. The van der Waals surface area contributed by atoms with Crippen LogP contribution in [0.5, 0.6) is 0 Å². The largest absolute Gasteiger partial charge is 0.422 e. The minimum absolute atomic E-state index is 0.00347. The first-order valence-corrected chi connectivity index (χ1v) is 10.4. The summed E-state index contributed by atoms with van der Waals surface area (Å²) in [5, 5.41) is 10.1. The van der Waals surface area contributed by atoms with Crippen molar-refractivity contribution >= 4 is 23.2 Å². The Balaban J connectivity index is 1.15. The van der Waals surface area contributed by atoms with Gasteiger partial charge in [0.2, 0.25) is 11.6 Å². The summed E-state index contributed by atoms with van der Waals surface area (Å²) in [4.78, 5) is 27.8. The first-order chi connectivity index (χ1) is 15.2. The number of rotatable bonds is 6. The van der Waals surface area contributed by atoms with Gasteiger partial charge in [0.05, 0.1) is 6.54 Å². The third-order valence-electron chi connectivity index (χ3n) is 5.43. The van der Waals surface area contributed by atoms with E-state index in [4.69, 9.17) is 4.42 Å². The molecule has 31 heavy (non-hydrogen) atoms. The first-order valence-electron chi connectivity index (χ1n) is 10.4. The van der Waals surface area contributed by atoms with Crippen LogP contribution in [0.4, 0.5) is 6.01 Å². The normalized spacial score (nSPS) is 16.5. The predicted molar refractivity (Wildman–Crippen MR) is 115 cm³/mol. The summed E-state index contributed by atoms with van der Waals surface area (Å²) in [6.45, 7) is 1.93. The fraction of sp³-hybridized carbons (Fsp3) is 0.318. The van der Waals surface area contributed by atoms with Gasteiger partial charge in [-0.15, -0.1) is 0 Å². The molecular weight excluding hydrogens is 394 g/mol. The number of piperidine rings is 1. The smallest absolute Gasteiger partial charge is 0.299 e. The molecule has 9 nitrogen and oxygen atoms in total. The fourth-order valence-electron chi connectivity index (χ4n) is 3.91. The molecule has 4 heterocycles. The number of benzene rings is 1. The van der Waals surface area contributed by atoms with Crippen LogP contribution < -0.4 is 10.2 Å². The number of hydrogen-bond acceptors (Lipinski definition) is 7. The molecule has 0 aliphatic carbocycles. The van der Waals surface area contributed by atoms with E-state index in [9.17, 15) is 4.79 Å². The van der Waals surface area contributed by atoms with Crippen LogP contribution in [-0.2, 0) is 11.3 Å². The highest BCUT2D eigenvalue weighted by Gasteiger charge is 2.25. The van der Waals surface area contributed by atoms with Gasteiger partial charge in [-0.2, -0.15) is 10.1 Å². The molecule has 1 aromatic carbocycles. The van der Waals surface area contributed by atoms with Crippen LogP contribution >= 0.6 is 0 Å². The van der Waals surface area contributed by atoms with Crippen molar-refractivity contribution in [2.45, 2.75) is 25.8 Å². The molecule has 1 saturated heterocycles. The van der Waals surface area contributed by atoms with Gasteiger partial charge >= 0.3 is 0 Å². The number of aromatic amines is 1. The van der Waals surface area contributed by atoms with E-state index in [0.717, 1.165) is 31.5 Å².